The fourth-order valence-corrected chi connectivity index (χ4v) is 3.17. The van der Waals surface area contributed by atoms with Crippen LogP contribution in [0.15, 0.2) is 30.3 Å². The summed E-state index contributed by atoms with van der Waals surface area (Å²) in [6.45, 7) is 10.1. The van der Waals surface area contributed by atoms with E-state index in [-0.39, 0.29) is 5.54 Å². The molecule has 1 aliphatic heterocycles. The highest BCUT2D eigenvalue weighted by atomic mass is 15.2. The van der Waals surface area contributed by atoms with E-state index in [1.165, 1.54) is 25.1 Å². The van der Waals surface area contributed by atoms with Crippen LogP contribution in [0.4, 0.5) is 0 Å². The minimum Gasteiger partial charge on any atom is -0.329 e. The molecular formula is C17H28N2. The van der Waals surface area contributed by atoms with E-state index in [4.69, 9.17) is 5.73 Å². The average Bonchev–Trinajstić information content (AvgIpc) is 2.90. The smallest absolute Gasteiger partial charge is 0.0343 e. The van der Waals surface area contributed by atoms with Gasteiger partial charge >= 0.3 is 0 Å². The molecule has 19 heavy (non-hydrogen) atoms. The zero-order valence-electron chi connectivity index (χ0n) is 12.6. The summed E-state index contributed by atoms with van der Waals surface area (Å²) in [7, 11) is 0. The summed E-state index contributed by atoms with van der Waals surface area (Å²) < 4.78 is 0. The lowest BCUT2D eigenvalue weighted by molar-refractivity contribution is 0.133. The van der Waals surface area contributed by atoms with E-state index < -0.39 is 0 Å². The molecule has 0 aliphatic carbocycles. The first kappa shape index (κ1) is 14.5. The van der Waals surface area contributed by atoms with Crippen molar-refractivity contribution in [3.63, 3.8) is 0 Å². The van der Waals surface area contributed by atoms with Crippen molar-refractivity contribution < 1.29 is 0 Å². The number of nitrogens with two attached hydrogens (primary N) is 1. The summed E-state index contributed by atoms with van der Waals surface area (Å²) in [4.78, 5) is 2.62. The van der Waals surface area contributed by atoms with Crippen molar-refractivity contribution in [2.75, 3.05) is 19.6 Å². The maximum Gasteiger partial charge on any atom is 0.0343 e. The van der Waals surface area contributed by atoms with Gasteiger partial charge in [-0.05, 0) is 43.7 Å². The first-order valence-corrected chi connectivity index (χ1v) is 7.54. The summed E-state index contributed by atoms with van der Waals surface area (Å²) in [5.74, 6) is 1.62. The zero-order chi connectivity index (χ0) is 13.9. The number of likely N-dealkylation sites (tertiary alicyclic amines) is 1. The Morgan fingerprint density at radius 3 is 2.53 bits per heavy atom. The van der Waals surface area contributed by atoms with Gasteiger partial charge < -0.3 is 5.73 Å². The van der Waals surface area contributed by atoms with Crippen LogP contribution < -0.4 is 5.73 Å². The van der Waals surface area contributed by atoms with E-state index >= 15 is 0 Å². The fourth-order valence-electron chi connectivity index (χ4n) is 3.17. The molecule has 106 valence electrons. The SMILES string of the molecule is CC(C)C1CCN(C(C)(CN)Cc2ccccc2)C1. The molecule has 1 fully saturated rings. The van der Waals surface area contributed by atoms with Gasteiger partial charge in [0.2, 0.25) is 0 Å². The second-order valence-corrected chi connectivity index (χ2v) is 6.60. The molecule has 2 atom stereocenters. The lowest BCUT2D eigenvalue weighted by Crippen LogP contribution is -2.52. The number of benzene rings is 1. The Morgan fingerprint density at radius 1 is 1.32 bits per heavy atom. The first-order chi connectivity index (χ1) is 9.05. The monoisotopic (exact) mass is 260 g/mol. The predicted octanol–water partition coefficient (Wildman–Crippen LogP) is 2.92. The van der Waals surface area contributed by atoms with Crippen LogP contribution in [0.5, 0.6) is 0 Å². The highest BCUT2D eigenvalue weighted by Crippen LogP contribution is 2.30. The molecule has 1 saturated heterocycles. The minimum absolute atomic E-state index is 0.102. The topological polar surface area (TPSA) is 29.3 Å². The first-order valence-electron chi connectivity index (χ1n) is 7.54. The van der Waals surface area contributed by atoms with Crippen molar-refractivity contribution in [2.24, 2.45) is 17.6 Å². The van der Waals surface area contributed by atoms with E-state index in [1.807, 2.05) is 0 Å². The summed E-state index contributed by atoms with van der Waals surface area (Å²) in [5.41, 5.74) is 7.61. The number of rotatable bonds is 5. The summed E-state index contributed by atoms with van der Waals surface area (Å²) in [6.07, 6.45) is 2.37. The molecule has 0 spiro atoms. The Balaban J connectivity index is 2.06. The van der Waals surface area contributed by atoms with Gasteiger partial charge in [-0.25, -0.2) is 0 Å². The molecule has 0 saturated carbocycles. The van der Waals surface area contributed by atoms with Gasteiger partial charge in [-0.15, -0.1) is 0 Å². The van der Waals surface area contributed by atoms with Gasteiger partial charge in [-0.3, -0.25) is 4.90 Å². The van der Waals surface area contributed by atoms with Crippen molar-refractivity contribution in [3.05, 3.63) is 35.9 Å². The lowest BCUT2D eigenvalue weighted by atomic mass is 9.90. The van der Waals surface area contributed by atoms with Gasteiger partial charge in [0.05, 0.1) is 0 Å². The molecule has 1 aromatic rings. The van der Waals surface area contributed by atoms with E-state index in [2.05, 4.69) is 56.0 Å². The highest BCUT2D eigenvalue weighted by molar-refractivity contribution is 5.18. The Hall–Kier alpha value is -0.860. The minimum atomic E-state index is 0.102. The molecule has 0 radical (unpaired) electrons. The van der Waals surface area contributed by atoms with Crippen molar-refractivity contribution >= 4 is 0 Å². The summed E-state index contributed by atoms with van der Waals surface area (Å²) >= 11 is 0. The van der Waals surface area contributed by atoms with E-state index in [9.17, 15) is 0 Å². The number of hydrogen-bond donors (Lipinski definition) is 1. The third-order valence-electron chi connectivity index (χ3n) is 4.80. The summed E-state index contributed by atoms with van der Waals surface area (Å²) in [6, 6.07) is 10.7. The average molecular weight is 260 g/mol. The van der Waals surface area contributed by atoms with Crippen LogP contribution in [-0.4, -0.2) is 30.1 Å². The molecular weight excluding hydrogens is 232 g/mol. The normalized spacial score (nSPS) is 23.7. The Labute approximate surface area is 118 Å². The molecule has 2 nitrogen and oxygen atoms in total. The van der Waals surface area contributed by atoms with Gasteiger partial charge in [-0.2, -0.15) is 0 Å². The number of hydrogen-bond acceptors (Lipinski definition) is 2. The van der Waals surface area contributed by atoms with E-state index in [0.29, 0.717) is 0 Å². The standard InChI is InChI=1S/C17H28N2/c1-14(2)16-9-10-19(12-16)17(3,13-18)11-15-7-5-4-6-8-15/h4-8,14,16H,9-13,18H2,1-3H3. The molecule has 1 heterocycles. The van der Waals surface area contributed by atoms with Crippen molar-refractivity contribution in [1.82, 2.24) is 4.90 Å². The van der Waals surface area contributed by atoms with Crippen LogP contribution in [0.1, 0.15) is 32.8 Å². The molecule has 1 aromatic carbocycles. The maximum absolute atomic E-state index is 6.11. The summed E-state index contributed by atoms with van der Waals surface area (Å²) in [5, 5.41) is 0. The van der Waals surface area contributed by atoms with Crippen LogP contribution >= 0.6 is 0 Å². The van der Waals surface area contributed by atoms with E-state index in [1.54, 1.807) is 0 Å². The Morgan fingerprint density at radius 2 is 2.00 bits per heavy atom. The quantitative estimate of drug-likeness (QED) is 0.882. The molecule has 0 bridgehead atoms. The molecule has 2 heteroatoms. The second kappa shape index (κ2) is 6.06. The molecule has 2 unspecified atom stereocenters. The molecule has 2 N–H and O–H groups in total. The van der Waals surface area contributed by atoms with Crippen molar-refractivity contribution in [3.8, 4) is 0 Å². The van der Waals surface area contributed by atoms with Crippen LogP contribution in [-0.2, 0) is 6.42 Å². The van der Waals surface area contributed by atoms with Gasteiger partial charge in [0.25, 0.3) is 0 Å². The van der Waals surface area contributed by atoms with Gasteiger partial charge in [0.1, 0.15) is 0 Å². The molecule has 1 aliphatic rings. The zero-order valence-corrected chi connectivity index (χ0v) is 12.6. The van der Waals surface area contributed by atoms with Crippen molar-refractivity contribution in [1.29, 1.82) is 0 Å². The lowest BCUT2D eigenvalue weighted by Gasteiger charge is -2.38. The third kappa shape index (κ3) is 3.37. The van der Waals surface area contributed by atoms with Gasteiger partial charge in [0, 0.05) is 18.6 Å². The highest BCUT2D eigenvalue weighted by Gasteiger charge is 2.36. The maximum atomic E-state index is 6.11. The van der Waals surface area contributed by atoms with Crippen molar-refractivity contribution in [2.45, 2.75) is 39.2 Å². The Bertz CT molecular complexity index is 388. The predicted molar refractivity (Wildman–Crippen MR) is 82.1 cm³/mol. The van der Waals surface area contributed by atoms with Crippen LogP contribution in [0.2, 0.25) is 0 Å². The molecule has 2 rings (SSSR count). The van der Waals surface area contributed by atoms with Crippen LogP contribution in [0.25, 0.3) is 0 Å². The van der Waals surface area contributed by atoms with Crippen LogP contribution in [0, 0.1) is 11.8 Å². The second-order valence-electron chi connectivity index (χ2n) is 6.60. The van der Waals surface area contributed by atoms with E-state index in [0.717, 1.165) is 24.8 Å². The largest absolute Gasteiger partial charge is 0.329 e. The van der Waals surface area contributed by atoms with Gasteiger partial charge in [0.15, 0.2) is 0 Å². The Kier molecular flexibility index (Phi) is 4.64. The van der Waals surface area contributed by atoms with Crippen LogP contribution in [0.3, 0.4) is 0 Å². The number of nitrogens with zero attached hydrogens (tertiary/aromatic N) is 1. The fraction of sp³-hybridized carbons (Fsp3) is 0.647. The third-order valence-corrected chi connectivity index (χ3v) is 4.80. The molecule has 0 amide bonds. The molecule has 0 aromatic heterocycles. The van der Waals surface area contributed by atoms with Gasteiger partial charge in [-0.1, -0.05) is 44.2 Å².